The highest BCUT2D eigenvalue weighted by Crippen LogP contribution is 2.26. The molecule has 1 aliphatic carbocycles. The fourth-order valence-electron chi connectivity index (χ4n) is 3.22. The lowest BCUT2D eigenvalue weighted by Gasteiger charge is -2.32. The van der Waals surface area contributed by atoms with Crippen molar-refractivity contribution in [3.63, 3.8) is 0 Å². The van der Waals surface area contributed by atoms with Crippen molar-refractivity contribution >= 4 is 0 Å². The Labute approximate surface area is 109 Å². The lowest BCUT2D eigenvalue weighted by atomic mass is 10.2. The molecule has 0 amide bonds. The van der Waals surface area contributed by atoms with Crippen LogP contribution in [0.4, 0.5) is 0 Å². The summed E-state index contributed by atoms with van der Waals surface area (Å²) in [7, 11) is 0. The number of aromatic nitrogens is 3. The zero-order chi connectivity index (χ0) is 12.4. The highest BCUT2D eigenvalue weighted by atomic mass is 15.3. The van der Waals surface area contributed by atoms with Gasteiger partial charge in [0.25, 0.3) is 0 Å². The summed E-state index contributed by atoms with van der Waals surface area (Å²) < 4.78 is 2.18. The topological polar surface area (TPSA) is 46.0 Å². The Morgan fingerprint density at radius 2 is 2.33 bits per heavy atom. The molecule has 2 aliphatic rings. The molecule has 2 atom stereocenters. The Morgan fingerprint density at radius 3 is 3.22 bits per heavy atom. The van der Waals surface area contributed by atoms with Crippen molar-refractivity contribution in [3.8, 4) is 0 Å². The van der Waals surface area contributed by atoms with Crippen LogP contribution < -0.4 is 5.32 Å². The molecule has 1 saturated carbocycles. The van der Waals surface area contributed by atoms with Gasteiger partial charge in [0.2, 0.25) is 0 Å². The molecule has 1 N–H and O–H groups in total. The van der Waals surface area contributed by atoms with Gasteiger partial charge in [0.15, 0.2) is 0 Å². The minimum absolute atomic E-state index is 0.731. The summed E-state index contributed by atoms with van der Waals surface area (Å²) in [6.45, 7) is 6.57. The van der Waals surface area contributed by atoms with Crippen molar-refractivity contribution in [2.24, 2.45) is 0 Å². The number of nitrogens with zero attached hydrogens (tertiary/aromatic N) is 4. The molecular weight excluding hydrogens is 226 g/mol. The molecule has 100 valence electrons. The van der Waals surface area contributed by atoms with E-state index in [0.29, 0.717) is 0 Å². The second-order valence-electron chi connectivity index (χ2n) is 5.53. The smallest absolute Gasteiger partial charge is 0.147 e. The van der Waals surface area contributed by atoms with E-state index in [0.717, 1.165) is 44.1 Å². The first-order chi connectivity index (χ1) is 8.86. The monoisotopic (exact) mass is 249 g/mol. The van der Waals surface area contributed by atoms with E-state index in [2.05, 4.69) is 31.9 Å². The highest BCUT2D eigenvalue weighted by molar-refractivity contribution is 4.94. The molecule has 1 fully saturated rings. The number of fused-ring (bicyclic) bond motifs is 1. The van der Waals surface area contributed by atoms with Crippen LogP contribution in [-0.2, 0) is 13.1 Å². The molecule has 18 heavy (non-hydrogen) atoms. The van der Waals surface area contributed by atoms with E-state index in [-0.39, 0.29) is 0 Å². The van der Waals surface area contributed by atoms with Crippen molar-refractivity contribution in [1.82, 2.24) is 25.0 Å². The summed E-state index contributed by atoms with van der Waals surface area (Å²) in [6.07, 6.45) is 7.04. The molecule has 1 aromatic rings. The third kappa shape index (κ3) is 2.42. The van der Waals surface area contributed by atoms with E-state index in [9.17, 15) is 0 Å². The zero-order valence-electron chi connectivity index (χ0n) is 11.2. The first-order valence-corrected chi connectivity index (χ1v) is 7.21. The Balaban J connectivity index is 1.55. The molecule has 0 saturated heterocycles. The molecule has 1 aliphatic heterocycles. The lowest BCUT2D eigenvalue weighted by molar-refractivity contribution is 0.152. The Bertz CT molecular complexity index is 388. The average Bonchev–Trinajstić information content (AvgIpc) is 3.04. The lowest BCUT2D eigenvalue weighted by Crippen LogP contribution is -2.41. The van der Waals surface area contributed by atoms with Gasteiger partial charge in [0.05, 0.1) is 6.54 Å². The van der Waals surface area contributed by atoms with E-state index in [1.807, 2.05) is 6.33 Å². The third-order valence-electron chi connectivity index (χ3n) is 4.27. The molecule has 0 bridgehead atoms. The maximum atomic E-state index is 4.20. The van der Waals surface area contributed by atoms with Gasteiger partial charge in [-0.05, 0) is 32.2 Å². The molecule has 3 rings (SSSR count). The fraction of sp³-hybridized carbons (Fsp3) is 0.846. The highest BCUT2D eigenvalue weighted by Gasteiger charge is 2.31. The fourth-order valence-corrected chi connectivity index (χ4v) is 3.22. The van der Waals surface area contributed by atoms with Gasteiger partial charge in [-0.15, -0.1) is 10.2 Å². The summed E-state index contributed by atoms with van der Waals surface area (Å²) >= 11 is 0. The average molecular weight is 249 g/mol. The van der Waals surface area contributed by atoms with Crippen LogP contribution in [0.25, 0.3) is 0 Å². The number of hydrogen-bond acceptors (Lipinski definition) is 4. The number of nitrogens with one attached hydrogen (secondary N) is 1. The molecule has 0 spiro atoms. The van der Waals surface area contributed by atoms with Crippen molar-refractivity contribution < 1.29 is 0 Å². The quantitative estimate of drug-likeness (QED) is 0.865. The summed E-state index contributed by atoms with van der Waals surface area (Å²) in [5.41, 5.74) is 0. The van der Waals surface area contributed by atoms with Gasteiger partial charge in [-0.2, -0.15) is 0 Å². The normalized spacial score (nSPS) is 28.5. The molecule has 2 unspecified atom stereocenters. The van der Waals surface area contributed by atoms with Crippen molar-refractivity contribution in [3.05, 3.63) is 12.2 Å². The minimum atomic E-state index is 0.731. The maximum Gasteiger partial charge on any atom is 0.147 e. The Morgan fingerprint density at radius 1 is 1.39 bits per heavy atom. The van der Waals surface area contributed by atoms with Crippen LogP contribution in [0.5, 0.6) is 0 Å². The molecule has 0 radical (unpaired) electrons. The van der Waals surface area contributed by atoms with Crippen LogP contribution >= 0.6 is 0 Å². The van der Waals surface area contributed by atoms with E-state index >= 15 is 0 Å². The van der Waals surface area contributed by atoms with Crippen LogP contribution in [0.1, 0.15) is 38.4 Å². The predicted octanol–water partition coefficient (Wildman–Crippen LogP) is 1.01. The van der Waals surface area contributed by atoms with Gasteiger partial charge in [-0.1, -0.05) is 6.92 Å². The first kappa shape index (κ1) is 12.1. The molecule has 0 aromatic carbocycles. The van der Waals surface area contributed by atoms with Crippen LogP contribution in [0.3, 0.4) is 0 Å². The SMILES string of the molecule is CCCNC1CCC(N2CCn3cnnc3C2)C1. The van der Waals surface area contributed by atoms with Crippen LogP contribution in [0.2, 0.25) is 0 Å². The van der Waals surface area contributed by atoms with E-state index in [1.165, 1.54) is 25.7 Å². The zero-order valence-corrected chi connectivity index (χ0v) is 11.2. The van der Waals surface area contributed by atoms with Crippen molar-refractivity contribution in [1.29, 1.82) is 0 Å². The summed E-state index contributed by atoms with van der Waals surface area (Å²) in [4.78, 5) is 2.59. The predicted molar refractivity (Wildman–Crippen MR) is 70.2 cm³/mol. The largest absolute Gasteiger partial charge is 0.315 e. The van der Waals surface area contributed by atoms with Crippen molar-refractivity contribution in [2.45, 2.75) is 57.8 Å². The van der Waals surface area contributed by atoms with Crippen LogP contribution in [0, 0.1) is 0 Å². The maximum absolute atomic E-state index is 4.20. The van der Waals surface area contributed by atoms with E-state index in [1.54, 1.807) is 0 Å². The number of hydrogen-bond donors (Lipinski definition) is 1. The first-order valence-electron chi connectivity index (χ1n) is 7.21. The second kappa shape index (κ2) is 5.36. The Hall–Kier alpha value is -0.940. The number of rotatable bonds is 4. The van der Waals surface area contributed by atoms with Gasteiger partial charge >= 0.3 is 0 Å². The standard InChI is InChI=1S/C13H23N5/c1-2-5-14-11-3-4-12(8-11)17-6-7-18-10-15-16-13(18)9-17/h10-12,14H,2-9H2,1H3. The molecule has 5 nitrogen and oxygen atoms in total. The van der Waals surface area contributed by atoms with E-state index < -0.39 is 0 Å². The summed E-state index contributed by atoms with van der Waals surface area (Å²) in [5, 5.41) is 11.9. The molecular formula is C13H23N5. The second-order valence-corrected chi connectivity index (χ2v) is 5.53. The van der Waals surface area contributed by atoms with Gasteiger partial charge < -0.3 is 9.88 Å². The summed E-state index contributed by atoms with van der Waals surface area (Å²) in [6, 6.07) is 1.47. The van der Waals surface area contributed by atoms with Gasteiger partial charge in [-0.25, -0.2) is 0 Å². The van der Waals surface area contributed by atoms with E-state index in [4.69, 9.17) is 0 Å². The van der Waals surface area contributed by atoms with Crippen LogP contribution in [-0.4, -0.2) is 44.8 Å². The summed E-state index contributed by atoms with van der Waals surface area (Å²) in [5.74, 6) is 1.13. The molecule has 5 heteroatoms. The molecule has 2 heterocycles. The van der Waals surface area contributed by atoms with Gasteiger partial charge in [-0.3, -0.25) is 4.90 Å². The van der Waals surface area contributed by atoms with Gasteiger partial charge in [0, 0.05) is 25.2 Å². The van der Waals surface area contributed by atoms with Crippen molar-refractivity contribution in [2.75, 3.05) is 13.1 Å². The van der Waals surface area contributed by atoms with Gasteiger partial charge in [0.1, 0.15) is 12.2 Å². The minimum Gasteiger partial charge on any atom is -0.315 e. The Kier molecular flexibility index (Phi) is 3.61. The molecule has 1 aromatic heterocycles. The third-order valence-corrected chi connectivity index (χ3v) is 4.27. The van der Waals surface area contributed by atoms with Crippen LogP contribution in [0.15, 0.2) is 6.33 Å².